The van der Waals surface area contributed by atoms with Crippen LogP contribution in [0.5, 0.6) is 11.5 Å². The van der Waals surface area contributed by atoms with E-state index in [2.05, 4.69) is 247 Å². The minimum atomic E-state index is -0.219. The molecule has 0 saturated heterocycles. The average Bonchev–Trinajstić information content (AvgIpc) is 3.88. The first kappa shape index (κ1) is 41.6. The Labute approximate surface area is 373 Å². The summed E-state index contributed by atoms with van der Waals surface area (Å²) in [6.07, 6.45) is 7.86. The lowest BCUT2D eigenvalue weighted by molar-refractivity contribution is -0.599. The summed E-state index contributed by atoms with van der Waals surface area (Å²) in [4.78, 5) is 5.02. The Bertz CT molecular complexity index is 3100. The van der Waals surface area contributed by atoms with Gasteiger partial charge in [-0.05, 0) is 105 Å². The highest BCUT2D eigenvalue weighted by Gasteiger charge is 2.27. The Kier molecular flexibility index (Phi) is 10.3. The van der Waals surface area contributed by atoms with Crippen molar-refractivity contribution in [1.82, 2.24) is 14.1 Å². The van der Waals surface area contributed by atoms with Crippen LogP contribution in [0.1, 0.15) is 103 Å². The molecule has 0 atom stereocenters. The molecule has 0 aliphatic rings. The number of benzene rings is 6. The van der Waals surface area contributed by atoms with E-state index in [1.54, 1.807) is 0 Å². The summed E-state index contributed by atoms with van der Waals surface area (Å²) in [6.45, 7) is 22.7. The smallest absolute Gasteiger partial charge is 0.269 e. The van der Waals surface area contributed by atoms with Crippen molar-refractivity contribution in [2.75, 3.05) is 0 Å². The van der Waals surface area contributed by atoms with Gasteiger partial charge in [0.15, 0.2) is 0 Å². The molecule has 9 aromatic rings. The van der Waals surface area contributed by atoms with E-state index in [9.17, 15) is 0 Å². The van der Waals surface area contributed by atoms with Gasteiger partial charge in [-0.25, -0.2) is 4.98 Å². The van der Waals surface area contributed by atoms with E-state index < -0.39 is 0 Å². The maximum atomic E-state index is 6.79. The lowest BCUT2D eigenvalue weighted by Gasteiger charge is -2.26. The van der Waals surface area contributed by atoms with Gasteiger partial charge < -0.3 is 4.74 Å². The number of hydrogen-bond acceptors (Lipinski definition) is 2. The maximum Gasteiger partial charge on any atom is 0.269 e. The monoisotopic (exact) mass is 826 g/mol. The number of hydrogen-bond donors (Lipinski definition) is 0. The van der Waals surface area contributed by atoms with Gasteiger partial charge in [0.2, 0.25) is 0 Å². The molecule has 5 nitrogen and oxygen atoms in total. The summed E-state index contributed by atoms with van der Waals surface area (Å²) in [5, 5.41) is 2.35. The van der Waals surface area contributed by atoms with Crippen molar-refractivity contribution in [2.45, 2.75) is 90.9 Å². The van der Waals surface area contributed by atoms with Gasteiger partial charge >= 0.3 is 0 Å². The summed E-state index contributed by atoms with van der Waals surface area (Å²) >= 11 is 0. The van der Waals surface area contributed by atoms with Crippen LogP contribution >= 0.6 is 0 Å². The van der Waals surface area contributed by atoms with Gasteiger partial charge in [0.1, 0.15) is 17.3 Å². The van der Waals surface area contributed by atoms with Crippen LogP contribution in [-0.4, -0.2) is 14.1 Å². The largest absolute Gasteiger partial charge is 0.458 e. The van der Waals surface area contributed by atoms with E-state index in [0.717, 1.165) is 50.8 Å². The zero-order chi connectivity index (χ0) is 44.3. The number of imidazole rings is 1. The predicted octanol–water partition coefficient (Wildman–Crippen LogP) is 14.1. The molecule has 3 heterocycles. The topological polar surface area (TPSA) is 35.9 Å². The quantitative estimate of drug-likeness (QED) is 0.107. The molecule has 5 heteroatoms. The summed E-state index contributed by atoms with van der Waals surface area (Å²) in [7, 11) is 0. The van der Waals surface area contributed by atoms with Crippen molar-refractivity contribution < 1.29 is 9.30 Å². The van der Waals surface area contributed by atoms with Gasteiger partial charge in [0.05, 0.1) is 28.1 Å². The number of fused-ring (bicyclic) bond motifs is 3. The van der Waals surface area contributed by atoms with Gasteiger partial charge in [-0.3, -0.25) is 13.7 Å². The summed E-state index contributed by atoms with van der Waals surface area (Å²) in [5.41, 5.74) is 11.1. The molecule has 0 amide bonds. The third-order valence-electron chi connectivity index (χ3n) is 12.9. The molecule has 63 heavy (non-hydrogen) atoms. The second kappa shape index (κ2) is 15.6. The van der Waals surface area contributed by atoms with Crippen LogP contribution in [0.2, 0.25) is 0 Å². The zero-order valence-electron chi connectivity index (χ0n) is 38.4. The standard InChI is InChI=1S/C58H58N4O/c1-55(2,3)42-27-30-51-50(34-42)49-29-28-48(37-52(49)62(51)54-35-44(31-32-59-54)58(9,10)41-21-15-12-16-22-41)63-47-26-18-25-46(36-47)61-39-60(38-53(61)56(4,5)6)45-24-17-23-43(33-45)57(7,8)40-19-13-11-14-20-40/h11-38H,1-10H3. The van der Waals surface area contributed by atoms with E-state index in [-0.39, 0.29) is 21.7 Å². The fourth-order valence-electron chi connectivity index (χ4n) is 8.85. The number of rotatable bonds is 9. The predicted molar refractivity (Wildman–Crippen MR) is 259 cm³/mol. The molecular weight excluding hydrogens is 769 g/mol. The molecule has 0 aliphatic carbocycles. The Hall–Kier alpha value is -6.72. The molecule has 0 aliphatic heterocycles. The summed E-state index contributed by atoms with van der Waals surface area (Å²) in [6, 6.07) is 56.3. The lowest BCUT2D eigenvalue weighted by Crippen LogP contribution is -2.29. The van der Waals surface area contributed by atoms with E-state index in [1.807, 2.05) is 12.3 Å². The first-order chi connectivity index (χ1) is 30.0. The molecule has 0 spiro atoms. The second-order valence-corrected chi connectivity index (χ2v) is 20.1. The van der Waals surface area contributed by atoms with Crippen molar-refractivity contribution in [3.8, 4) is 28.7 Å². The Morgan fingerprint density at radius 3 is 1.79 bits per heavy atom. The fourth-order valence-corrected chi connectivity index (χ4v) is 8.85. The van der Waals surface area contributed by atoms with Crippen LogP contribution in [0.25, 0.3) is 39.0 Å². The van der Waals surface area contributed by atoms with Crippen molar-refractivity contribution in [3.05, 3.63) is 210 Å². The van der Waals surface area contributed by atoms with Crippen LogP contribution in [0.3, 0.4) is 0 Å². The average molecular weight is 827 g/mol. The van der Waals surface area contributed by atoms with Gasteiger partial charge in [0, 0.05) is 40.1 Å². The molecule has 9 rings (SSSR count). The van der Waals surface area contributed by atoms with Crippen LogP contribution in [0.15, 0.2) is 170 Å². The van der Waals surface area contributed by atoms with Gasteiger partial charge in [-0.1, -0.05) is 154 Å². The second-order valence-electron chi connectivity index (χ2n) is 20.1. The molecule has 0 saturated carbocycles. The SMILES string of the molecule is CC(C)(C)c1ccc2c(c1)c1ccc(Oc3cccc(-n4[c-][n+](-c5cccc(C(C)(C)c6ccccc6)c5)cc4C(C)(C)C)c3)cc1n2-c1cc(C(C)(C)c2ccccc2)ccn1. The van der Waals surface area contributed by atoms with E-state index in [4.69, 9.17) is 9.72 Å². The number of pyridine rings is 1. The van der Waals surface area contributed by atoms with Crippen LogP contribution in [0.4, 0.5) is 0 Å². The molecule has 0 bridgehead atoms. The van der Waals surface area contributed by atoms with Crippen molar-refractivity contribution in [1.29, 1.82) is 0 Å². The lowest BCUT2D eigenvalue weighted by atomic mass is 9.78. The highest BCUT2D eigenvalue weighted by Crippen LogP contribution is 2.39. The number of nitrogens with zero attached hydrogens (tertiary/aromatic N) is 4. The Balaban J connectivity index is 1.10. The van der Waals surface area contributed by atoms with Gasteiger partial charge in [-0.15, -0.1) is 0 Å². The normalized spacial score (nSPS) is 12.6. The van der Waals surface area contributed by atoms with Crippen molar-refractivity contribution >= 4 is 21.8 Å². The van der Waals surface area contributed by atoms with E-state index in [1.165, 1.54) is 33.2 Å². The van der Waals surface area contributed by atoms with Crippen LogP contribution in [0, 0.1) is 6.33 Å². The van der Waals surface area contributed by atoms with Crippen LogP contribution in [-0.2, 0) is 21.7 Å². The van der Waals surface area contributed by atoms with Gasteiger partial charge in [0.25, 0.3) is 6.33 Å². The Morgan fingerprint density at radius 2 is 1.13 bits per heavy atom. The molecule has 0 fully saturated rings. The molecule has 3 aromatic heterocycles. The first-order valence-electron chi connectivity index (χ1n) is 22.1. The molecule has 6 aromatic carbocycles. The Morgan fingerprint density at radius 1 is 0.492 bits per heavy atom. The molecule has 0 unspecified atom stereocenters. The molecule has 0 N–H and O–H groups in total. The van der Waals surface area contributed by atoms with Crippen LogP contribution < -0.4 is 9.30 Å². The van der Waals surface area contributed by atoms with Crippen molar-refractivity contribution in [2.24, 2.45) is 0 Å². The van der Waals surface area contributed by atoms with Crippen molar-refractivity contribution in [3.63, 3.8) is 0 Å². The van der Waals surface area contributed by atoms with E-state index in [0.29, 0.717) is 0 Å². The fraction of sp³-hybridized carbons (Fsp3) is 0.241. The summed E-state index contributed by atoms with van der Waals surface area (Å²) in [5.74, 6) is 2.37. The summed E-state index contributed by atoms with van der Waals surface area (Å²) < 4.78 is 13.4. The maximum absolute atomic E-state index is 6.79. The number of aromatic nitrogens is 4. The molecule has 0 radical (unpaired) electrons. The highest BCUT2D eigenvalue weighted by atomic mass is 16.5. The third kappa shape index (κ3) is 7.86. The molecular formula is C58H58N4O. The minimum Gasteiger partial charge on any atom is -0.458 e. The molecule has 316 valence electrons. The number of ether oxygens (including phenoxy) is 1. The zero-order valence-corrected chi connectivity index (χ0v) is 38.4. The third-order valence-corrected chi connectivity index (χ3v) is 12.9. The first-order valence-corrected chi connectivity index (χ1v) is 22.1. The van der Waals surface area contributed by atoms with E-state index >= 15 is 0 Å². The highest BCUT2D eigenvalue weighted by molar-refractivity contribution is 6.09. The minimum absolute atomic E-state index is 0.00114. The van der Waals surface area contributed by atoms with Gasteiger partial charge in [-0.2, -0.15) is 0 Å².